The van der Waals surface area contributed by atoms with Crippen molar-refractivity contribution in [2.75, 3.05) is 6.54 Å². The van der Waals surface area contributed by atoms with Crippen LogP contribution in [0.3, 0.4) is 0 Å². The molecule has 0 unspecified atom stereocenters. The summed E-state index contributed by atoms with van der Waals surface area (Å²) in [6.07, 6.45) is 0. The van der Waals surface area contributed by atoms with E-state index in [1.54, 1.807) is 12.1 Å². The first-order chi connectivity index (χ1) is 6.74. The lowest BCUT2D eigenvalue weighted by molar-refractivity contribution is 1.25. The molecule has 0 aliphatic heterocycles. The second-order valence-electron chi connectivity index (χ2n) is 2.32. The Kier molecular flexibility index (Phi) is 4.34. The zero-order valence-corrected chi connectivity index (χ0v) is 9.38. The number of azide groups is 1. The van der Waals surface area contributed by atoms with Crippen molar-refractivity contribution in [2.45, 2.75) is 0 Å². The van der Waals surface area contributed by atoms with E-state index in [2.05, 4.69) is 37.8 Å². The number of benzene rings is 1. The molecule has 0 heterocycles. The minimum atomic E-state index is 0.177. The first kappa shape index (κ1) is 10.9. The lowest BCUT2D eigenvalue weighted by atomic mass is 10.2. The molecule has 5 heteroatoms. The van der Waals surface area contributed by atoms with Gasteiger partial charge in [-0.25, -0.2) is 0 Å². The van der Waals surface area contributed by atoms with Crippen LogP contribution in [0, 0.1) is 11.8 Å². The number of halogens is 2. The molecule has 0 spiro atoms. The van der Waals surface area contributed by atoms with Crippen LogP contribution in [-0.2, 0) is 0 Å². The Morgan fingerprint density at radius 3 is 3.00 bits per heavy atom. The highest BCUT2D eigenvalue weighted by Crippen LogP contribution is 2.22. The van der Waals surface area contributed by atoms with E-state index in [9.17, 15) is 0 Å². The van der Waals surface area contributed by atoms with Crippen molar-refractivity contribution >= 4 is 27.5 Å². The van der Waals surface area contributed by atoms with Crippen molar-refractivity contribution in [1.29, 1.82) is 0 Å². The summed E-state index contributed by atoms with van der Waals surface area (Å²) in [5.74, 6) is 5.56. The van der Waals surface area contributed by atoms with Crippen molar-refractivity contribution in [1.82, 2.24) is 0 Å². The van der Waals surface area contributed by atoms with Crippen molar-refractivity contribution in [3.8, 4) is 11.8 Å². The van der Waals surface area contributed by atoms with Crippen LogP contribution in [0.2, 0.25) is 5.02 Å². The molecule has 0 atom stereocenters. The summed E-state index contributed by atoms with van der Waals surface area (Å²) in [4.78, 5) is 2.59. The van der Waals surface area contributed by atoms with E-state index in [4.69, 9.17) is 17.1 Å². The molecular formula is C9H5BrClN3. The van der Waals surface area contributed by atoms with Crippen LogP contribution in [0.4, 0.5) is 0 Å². The first-order valence-electron chi connectivity index (χ1n) is 3.69. The van der Waals surface area contributed by atoms with Crippen LogP contribution in [0.5, 0.6) is 0 Å². The summed E-state index contributed by atoms with van der Waals surface area (Å²) >= 11 is 9.09. The van der Waals surface area contributed by atoms with Crippen molar-refractivity contribution < 1.29 is 0 Å². The molecule has 0 aliphatic rings. The summed E-state index contributed by atoms with van der Waals surface area (Å²) in [7, 11) is 0. The van der Waals surface area contributed by atoms with Crippen LogP contribution in [0.25, 0.3) is 10.4 Å². The molecule has 0 fully saturated rings. The Bertz CT molecular complexity index is 441. The highest BCUT2D eigenvalue weighted by Gasteiger charge is 1.95. The van der Waals surface area contributed by atoms with Gasteiger partial charge in [0.1, 0.15) is 0 Å². The Balaban J connectivity index is 2.80. The van der Waals surface area contributed by atoms with E-state index in [0.717, 1.165) is 10.0 Å². The Morgan fingerprint density at radius 2 is 2.36 bits per heavy atom. The molecule has 0 amide bonds. The minimum absolute atomic E-state index is 0.177. The van der Waals surface area contributed by atoms with Gasteiger partial charge in [0.05, 0.1) is 11.6 Å². The molecule has 0 saturated carbocycles. The fraction of sp³-hybridized carbons (Fsp3) is 0.111. The number of hydrogen-bond donors (Lipinski definition) is 0. The molecule has 70 valence electrons. The van der Waals surface area contributed by atoms with Crippen LogP contribution in [0.1, 0.15) is 5.56 Å². The number of nitrogens with zero attached hydrogens (tertiary/aromatic N) is 3. The first-order valence-corrected chi connectivity index (χ1v) is 4.86. The summed E-state index contributed by atoms with van der Waals surface area (Å²) in [5.41, 5.74) is 8.84. The smallest absolute Gasteiger partial charge is 0.0880 e. The largest absolute Gasteiger partial charge is 0.0919 e. The van der Waals surface area contributed by atoms with Gasteiger partial charge >= 0.3 is 0 Å². The third-order valence-corrected chi connectivity index (χ3v) is 2.58. The fourth-order valence-corrected chi connectivity index (χ4v) is 1.28. The van der Waals surface area contributed by atoms with Crippen LogP contribution in [0.15, 0.2) is 27.8 Å². The molecule has 1 aromatic carbocycles. The van der Waals surface area contributed by atoms with Gasteiger partial charge in [0.2, 0.25) is 0 Å². The molecule has 0 aromatic heterocycles. The third-order valence-electron chi connectivity index (χ3n) is 1.37. The van der Waals surface area contributed by atoms with E-state index < -0.39 is 0 Å². The van der Waals surface area contributed by atoms with Gasteiger partial charge in [-0.15, -0.1) is 0 Å². The standard InChI is InChI=1S/C9H5BrClN3/c10-8-6-7(3-4-9(8)11)2-1-5-13-14-12/h3-4,6H,5H2. The average molecular weight is 271 g/mol. The predicted molar refractivity (Wildman–Crippen MR) is 60.0 cm³/mol. The van der Waals surface area contributed by atoms with E-state index in [0.29, 0.717) is 5.02 Å². The zero-order valence-electron chi connectivity index (χ0n) is 7.04. The zero-order chi connectivity index (χ0) is 10.4. The molecular weight excluding hydrogens is 265 g/mol. The van der Waals surface area contributed by atoms with Gasteiger partial charge in [-0.05, 0) is 39.7 Å². The van der Waals surface area contributed by atoms with Crippen molar-refractivity contribution in [3.63, 3.8) is 0 Å². The summed E-state index contributed by atoms with van der Waals surface area (Å²) in [6.45, 7) is 0.177. The quantitative estimate of drug-likeness (QED) is 0.323. The molecule has 0 N–H and O–H groups in total. The molecule has 14 heavy (non-hydrogen) atoms. The van der Waals surface area contributed by atoms with E-state index in [1.807, 2.05) is 6.07 Å². The normalized spacial score (nSPS) is 8.43. The van der Waals surface area contributed by atoms with Crippen LogP contribution >= 0.6 is 27.5 Å². The maximum Gasteiger partial charge on any atom is 0.0880 e. The lowest BCUT2D eigenvalue weighted by Crippen LogP contribution is -1.76. The number of hydrogen-bond acceptors (Lipinski definition) is 1. The second-order valence-corrected chi connectivity index (χ2v) is 3.58. The summed E-state index contributed by atoms with van der Waals surface area (Å²) < 4.78 is 0.801. The molecule has 1 aromatic rings. The van der Waals surface area contributed by atoms with Crippen molar-refractivity contribution in [2.24, 2.45) is 5.11 Å². The number of rotatable bonds is 1. The third kappa shape index (κ3) is 3.31. The SMILES string of the molecule is [N-]=[N+]=NCC#Cc1ccc(Cl)c(Br)c1. The lowest BCUT2D eigenvalue weighted by Gasteiger charge is -1.94. The highest BCUT2D eigenvalue weighted by molar-refractivity contribution is 9.10. The van der Waals surface area contributed by atoms with E-state index >= 15 is 0 Å². The van der Waals surface area contributed by atoms with Gasteiger partial charge in [0.25, 0.3) is 0 Å². The summed E-state index contributed by atoms with van der Waals surface area (Å²) in [5, 5.41) is 3.94. The maximum atomic E-state index is 8.01. The Morgan fingerprint density at radius 1 is 1.57 bits per heavy atom. The van der Waals surface area contributed by atoms with Gasteiger partial charge < -0.3 is 0 Å². The van der Waals surface area contributed by atoms with Gasteiger partial charge in [0.15, 0.2) is 0 Å². The van der Waals surface area contributed by atoms with E-state index in [1.165, 1.54) is 0 Å². The monoisotopic (exact) mass is 269 g/mol. The van der Waals surface area contributed by atoms with Crippen LogP contribution in [-0.4, -0.2) is 6.54 Å². The maximum absolute atomic E-state index is 8.01. The molecule has 0 aliphatic carbocycles. The molecule has 3 nitrogen and oxygen atoms in total. The molecule has 1 rings (SSSR count). The van der Waals surface area contributed by atoms with Crippen LogP contribution < -0.4 is 0 Å². The highest BCUT2D eigenvalue weighted by atomic mass is 79.9. The minimum Gasteiger partial charge on any atom is -0.0919 e. The molecule has 0 radical (unpaired) electrons. The predicted octanol–water partition coefficient (Wildman–Crippen LogP) is 3.76. The van der Waals surface area contributed by atoms with Crippen molar-refractivity contribution in [3.05, 3.63) is 43.7 Å². The van der Waals surface area contributed by atoms with Gasteiger partial charge in [0, 0.05) is 14.9 Å². The molecule has 0 saturated heterocycles. The Hall–Kier alpha value is -1.14. The van der Waals surface area contributed by atoms with Gasteiger partial charge in [-0.1, -0.05) is 28.6 Å². The Labute approximate surface area is 94.8 Å². The topological polar surface area (TPSA) is 48.8 Å². The van der Waals surface area contributed by atoms with Gasteiger partial charge in [-0.3, -0.25) is 0 Å². The summed E-state index contributed by atoms with van der Waals surface area (Å²) in [6, 6.07) is 5.37. The fourth-order valence-electron chi connectivity index (χ4n) is 0.782. The van der Waals surface area contributed by atoms with Gasteiger partial charge in [-0.2, -0.15) is 0 Å². The second kappa shape index (κ2) is 5.56. The molecule has 0 bridgehead atoms. The average Bonchev–Trinajstić information content (AvgIpc) is 2.18. The van der Waals surface area contributed by atoms with E-state index in [-0.39, 0.29) is 6.54 Å².